The number of rotatable bonds is 15. The van der Waals surface area contributed by atoms with Gasteiger partial charge < -0.3 is 24.5 Å². The van der Waals surface area contributed by atoms with Crippen LogP contribution in [0.3, 0.4) is 0 Å². The minimum atomic E-state index is -4.14. The quantitative estimate of drug-likeness (QED) is 0.241. The smallest absolute Gasteiger partial charge is 0.315 e. The molecule has 2 aliphatic rings. The van der Waals surface area contributed by atoms with Crippen molar-refractivity contribution >= 4 is 37.6 Å². The second-order valence-electron chi connectivity index (χ2n) is 13.7. The lowest BCUT2D eigenvalue weighted by atomic mass is 9.89. The van der Waals surface area contributed by atoms with E-state index < -0.39 is 31.9 Å². The van der Waals surface area contributed by atoms with E-state index in [9.17, 15) is 31.5 Å². The van der Waals surface area contributed by atoms with Crippen molar-refractivity contribution in [1.82, 2.24) is 18.4 Å². The van der Waals surface area contributed by atoms with Crippen LogP contribution in [0.4, 0.5) is 5.69 Å². The van der Waals surface area contributed by atoms with Gasteiger partial charge in [0.1, 0.15) is 11.7 Å². The fraction of sp³-hybridized carbons (Fsp3) is 0.487. The molecule has 0 aromatic heterocycles. The number of carboxylic acid groups (broad SMARTS) is 1. The van der Waals surface area contributed by atoms with Gasteiger partial charge in [0.15, 0.2) is 0 Å². The maximum Gasteiger partial charge on any atom is 0.315 e. The molecule has 1 atom stereocenters. The van der Waals surface area contributed by atoms with E-state index in [0.29, 0.717) is 25.1 Å². The number of carbonyl (C=O) groups is 2. The van der Waals surface area contributed by atoms with Crippen molar-refractivity contribution in [3.8, 4) is 5.75 Å². The summed E-state index contributed by atoms with van der Waals surface area (Å²) in [5.41, 5.74) is 3.91. The van der Waals surface area contributed by atoms with Gasteiger partial charge in [-0.3, -0.25) is 9.59 Å². The molecule has 0 spiro atoms. The van der Waals surface area contributed by atoms with E-state index in [1.165, 1.54) is 45.0 Å². The Labute approximate surface area is 320 Å². The Morgan fingerprint density at radius 2 is 1.41 bits per heavy atom. The van der Waals surface area contributed by atoms with Crippen molar-refractivity contribution in [3.63, 3.8) is 0 Å². The number of likely N-dealkylation sites (N-methyl/N-ethyl adjacent to an activating group) is 1. The Morgan fingerprint density at radius 3 is 1.98 bits per heavy atom. The molecule has 294 valence electrons. The van der Waals surface area contributed by atoms with Crippen molar-refractivity contribution in [1.29, 1.82) is 0 Å². The number of carbonyl (C=O) groups excluding carboxylic acids is 1. The number of fused-ring (bicyclic) bond motifs is 1. The van der Waals surface area contributed by atoms with Crippen molar-refractivity contribution in [2.24, 2.45) is 0 Å². The van der Waals surface area contributed by atoms with E-state index in [2.05, 4.69) is 22.9 Å². The number of anilines is 1. The molecule has 0 aliphatic carbocycles. The first-order valence-electron chi connectivity index (χ1n) is 18.6. The van der Waals surface area contributed by atoms with Gasteiger partial charge in [0, 0.05) is 82.3 Å². The van der Waals surface area contributed by atoms with Gasteiger partial charge in [0.25, 0.3) is 0 Å². The number of hydrogen-bond acceptors (Lipinski definition) is 9. The number of ether oxygens (including phenoxy) is 1. The fourth-order valence-electron chi connectivity index (χ4n) is 7.53. The Balaban J connectivity index is 1.51. The molecule has 1 fully saturated rings. The average molecular weight is 784 g/mol. The SMILES string of the molecule is CCN(CC)S(=O)(=O)c1ccc(C(C(=O)O)c2cc(CC(=O)N3CCc4c(OC)ccc(N5CCN(C)CC5)c4C3)ccc2S(=O)(=O)N(CC)CC)cc1. The highest BCUT2D eigenvalue weighted by Crippen LogP contribution is 2.37. The van der Waals surface area contributed by atoms with E-state index in [0.717, 1.165) is 48.7 Å². The molecular formula is C39H53N5O8S2. The summed E-state index contributed by atoms with van der Waals surface area (Å²) < 4.78 is 62.6. The molecule has 1 saturated heterocycles. The zero-order chi connectivity index (χ0) is 39.4. The molecule has 13 nitrogen and oxygen atoms in total. The van der Waals surface area contributed by atoms with Gasteiger partial charge in [-0.05, 0) is 60.5 Å². The molecule has 2 heterocycles. The number of sulfonamides is 2. The largest absolute Gasteiger partial charge is 0.496 e. The first-order valence-corrected chi connectivity index (χ1v) is 21.4. The number of nitrogens with zero attached hydrogens (tertiary/aromatic N) is 5. The summed E-state index contributed by atoms with van der Waals surface area (Å²) in [4.78, 5) is 33.4. The van der Waals surface area contributed by atoms with Crippen LogP contribution < -0.4 is 9.64 Å². The third-order valence-corrected chi connectivity index (χ3v) is 14.8. The lowest BCUT2D eigenvalue weighted by molar-refractivity contribution is -0.137. The summed E-state index contributed by atoms with van der Waals surface area (Å²) in [5, 5.41) is 10.7. The third kappa shape index (κ3) is 8.30. The lowest BCUT2D eigenvalue weighted by Gasteiger charge is -2.38. The molecule has 15 heteroatoms. The Bertz CT molecular complexity index is 2040. The van der Waals surface area contributed by atoms with Crippen molar-refractivity contribution in [2.75, 3.05) is 78.0 Å². The van der Waals surface area contributed by atoms with Crippen LogP contribution in [0.15, 0.2) is 64.4 Å². The van der Waals surface area contributed by atoms with Gasteiger partial charge >= 0.3 is 5.97 Å². The molecule has 3 aromatic rings. The summed E-state index contributed by atoms with van der Waals surface area (Å²) in [6.45, 7) is 12.2. The molecule has 0 bridgehead atoms. The van der Waals surface area contributed by atoms with E-state index >= 15 is 0 Å². The minimum absolute atomic E-state index is 0.00475. The maximum absolute atomic E-state index is 14.0. The normalized spacial score (nSPS) is 16.1. The molecule has 1 amide bonds. The highest BCUT2D eigenvalue weighted by molar-refractivity contribution is 7.89. The maximum atomic E-state index is 14.0. The topological polar surface area (TPSA) is 148 Å². The number of methoxy groups -OCH3 is 1. The third-order valence-electron chi connectivity index (χ3n) is 10.6. The molecule has 0 radical (unpaired) electrons. The second kappa shape index (κ2) is 17.2. The highest BCUT2D eigenvalue weighted by Gasteiger charge is 2.34. The van der Waals surface area contributed by atoms with Crippen LogP contribution in [-0.4, -0.2) is 125 Å². The van der Waals surface area contributed by atoms with Gasteiger partial charge in [0.2, 0.25) is 26.0 Å². The first-order chi connectivity index (χ1) is 25.7. The van der Waals surface area contributed by atoms with Crippen LogP contribution in [0.5, 0.6) is 5.75 Å². The van der Waals surface area contributed by atoms with Crippen LogP contribution in [0.1, 0.15) is 61.4 Å². The fourth-order valence-corrected chi connectivity index (χ4v) is 10.7. The monoisotopic (exact) mass is 783 g/mol. The summed E-state index contributed by atoms with van der Waals surface area (Å²) in [7, 11) is -4.20. The molecule has 5 rings (SSSR count). The molecule has 2 aliphatic heterocycles. The Morgan fingerprint density at radius 1 is 0.796 bits per heavy atom. The zero-order valence-electron chi connectivity index (χ0n) is 32.1. The number of piperazine rings is 1. The average Bonchev–Trinajstić information content (AvgIpc) is 3.15. The molecule has 1 N–H and O–H groups in total. The Kier molecular flexibility index (Phi) is 13.1. The summed E-state index contributed by atoms with van der Waals surface area (Å²) in [6, 6.07) is 14.1. The molecule has 0 saturated carbocycles. The van der Waals surface area contributed by atoms with Crippen LogP contribution in [0, 0.1) is 0 Å². The second-order valence-corrected chi connectivity index (χ2v) is 17.5. The number of hydrogen-bond donors (Lipinski definition) is 1. The molecule has 3 aromatic carbocycles. The van der Waals surface area contributed by atoms with Crippen LogP contribution in [-0.2, 0) is 49.0 Å². The number of amides is 1. The minimum Gasteiger partial charge on any atom is -0.496 e. The van der Waals surface area contributed by atoms with Crippen LogP contribution in [0.25, 0.3) is 0 Å². The number of benzene rings is 3. The lowest BCUT2D eigenvalue weighted by Crippen LogP contribution is -2.45. The first kappa shape index (κ1) is 41.1. The van der Waals surface area contributed by atoms with Gasteiger partial charge in [-0.25, -0.2) is 16.8 Å². The van der Waals surface area contributed by atoms with E-state index in [1.54, 1.807) is 45.8 Å². The van der Waals surface area contributed by atoms with E-state index in [4.69, 9.17) is 4.74 Å². The molecule has 54 heavy (non-hydrogen) atoms. The Hall–Kier alpha value is -4.02. The standard InChI is InChI=1S/C39H53N5O8S2/c1-7-43(8-2)53(48,49)30-14-12-29(13-15-30)38(39(46)47)32-25-28(11-18-36(32)54(50,51)44(9-3)10-4)26-37(45)42-20-19-31-33(27-42)34(16-17-35(31)52-6)41-23-21-40(5)22-24-41/h11-18,25,38H,7-10,19-24,26-27H2,1-6H3,(H,46,47). The predicted molar refractivity (Wildman–Crippen MR) is 208 cm³/mol. The van der Waals surface area contributed by atoms with Gasteiger partial charge in [-0.2, -0.15) is 8.61 Å². The van der Waals surface area contributed by atoms with Crippen molar-refractivity contribution in [2.45, 2.75) is 62.8 Å². The highest BCUT2D eigenvalue weighted by atomic mass is 32.2. The summed E-state index contributed by atoms with van der Waals surface area (Å²) in [6.07, 6.45) is 0.536. The van der Waals surface area contributed by atoms with Crippen molar-refractivity contribution < 1.29 is 36.3 Å². The van der Waals surface area contributed by atoms with Gasteiger partial charge in [0.05, 0.1) is 23.3 Å². The van der Waals surface area contributed by atoms with Crippen LogP contribution in [0.2, 0.25) is 0 Å². The molecular weight excluding hydrogens is 731 g/mol. The zero-order valence-corrected chi connectivity index (χ0v) is 33.7. The predicted octanol–water partition coefficient (Wildman–Crippen LogP) is 3.85. The van der Waals surface area contributed by atoms with Crippen molar-refractivity contribution in [3.05, 3.63) is 82.4 Å². The summed E-state index contributed by atoms with van der Waals surface area (Å²) in [5.74, 6) is -2.16. The van der Waals surface area contributed by atoms with Gasteiger partial charge in [-0.15, -0.1) is 0 Å². The molecule has 1 unspecified atom stereocenters. The number of aliphatic carboxylic acids is 1. The number of carboxylic acids is 1. The van der Waals surface area contributed by atoms with E-state index in [-0.39, 0.29) is 59.4 Å². The van der Waals surface area contributed by atoms with Gasteiger partial charge in [-0.1, -0.05) is 52.0 Å². The van der Waals surface area contributed by atoms with E-state index in [1.807, 2.05) is 6.07 Å². The summed E-state index contributed by atoms with van der Waals surface area (Å²) >= 11 is 0. The van der Waals surface area contributed by atoms with Crippen LogP contribution >= 0.6 is 0 Å².